The Morgan fingerprint density at radius 3 is 1.14 bits per heavy atom. The van der Waals surface area contributed by atoms with Gasteiger partial charge in [0, 0.05) is 0 Å². The fourth-order valence-corrected chi connectivity index (χ4v) is 24.2. The molecule has 2 aromatic heterocycles. The zero-order valence-corrected chi connectivity index (χ0v) is 36.8. The van der Waals surface area contributed by atoms with Gasteiger partial charge < -0.3 is 0 Å². The topological polar surface area (TPSA) is 26.3 Å². The van der Waals surface area contributed by atoms with E-state index < -0.39 is 24.4 Å². The van der Waals surface area contributed by atoms with Crippen molar-refractivity contribution in [1.82, 2.24) is 0 Å². The van der Waals surface area contributed by atoms with Gasteiger partial charge in [-0.2, -0.15) is 0 Å². The van der Waals surface area contributed by atoms with Crippen LogP contribution in [-0.2, 0) is 18.5 Å². The SMILES string of the molecule is [Cl][Zr]([Cl])[SiH](CC1C(c2ccc(-c3ccccc3)o2)=Cc2c(-c3ccccc3)cccc21)CC1C(c2ccc(-c3ccccc3)o2)=Cc2c(-c3ccccc3)cccc21. The van der Waals surface area contributed by atoms with Gasteiger partial charge in [-0.3, -0.25) is 0 Å². The minimum atomic E-state index is -2.82. The Kier molecular flexibility index (Phi) is 10.5. The second-order valence-corrected chi connectivity index (χ2v) is 38.7. The molecule has 0 saturated carbocycles. The Morgan fingerprint density at radius 1 is 0.397 bits per heavy atom. The molecule has 281 valence electrons. The number of rotatable bonds is 11. The molecule has 2 aliphatic rings. The van der Waals surface area contributed by atoms with E-state index in [-0.39, 0.29) is 11.8 Å². The van der Waals surface area contributed by atoms with E-state index in [1.54, 1.807) is 0 Å². The normalized spacial score (nSPS) is 16.0. The standard InChI is InChI=1S/C52H39O2Si.2ClH.Zr/c1-5-15-35(16-6-1)39-23-13-25-41-43(39)31-45(51-29-27-49(53-51)37-19-9-3-10-20-37)47(41)33-55-34-48-42-26-14-24-40(36-17-7-2-8-18-36)44(42)32-46(48)52-30-28-50(54-52)38-21-11-4-12-22-38;;;/h1-32,47-48,55H,33-34H2;2*1H;/q;;;+2/p-2. The molecule has 0 aliphatic heterocycles. The van der Waals surface area contributed by atoms with Crippen LogP contribution in [-0.4, -0.2) is 5.92 Å². The van der Waals surface area contributed by atoms with Crippen LogP contribution >= 0.6 is 17.0 Å². The Hall–Kier alpha value is -4.96. The van der Waals surface area contributed by atoms with Gasteiger partial charge in [0.1, 0.15) is 0 Å². The summed E-state index contributed by atoms with van der Waals surface area (Å²) in [5, 5.41) is 0. The van der Waals surface area contributed by atoms with Crippen LogP contribution in [0.15, 0.2) is 191 Å². The average molecular weight is 886 g/mol. The van der Waals surface area contributed by atoms with Crippen molar-refractivity contribution in [2.24, 2.45) is 0 Å². The summed E-state index contributed by atoms with van der Waals surface area (Å²) in [4.78, 5) is 0. The van der Waals surface area contributed by atoms with Crippen LogP contribution in [0.25, 0.3) is 68.2 Å². The Labute approximate surface area is 355 Å². The molecule has 0 spiro atoms. The van der Waals surface area contributed by atoms with Crippen molar-refractivity contribution in [1.29, 1.82) is 0 Å². The van der Waals surface area contributed by atoms with E-state index in [1.165, 1.54) is 55.7 Å². The summed E-state index contributed by atoms with van der Waals surface area (Å²) in [6.45, 7) is 0. The molecule has 2 atom stereocenters. The molecule has 0 N–H and O–H groups in total. The molecule has 6 heteroatoms. The molecule has 2 heterocycles. The molecule has 6 aromatic carbocycles. The van der Waals surface area contributed by atoms with Gasteiger partial charge in [0.2, 0.25) is 0 Å². The van der Waals surface area contributed by atoms with Crippen molar-refractivity contribution in [2.75, 3.05) is 0 Å². The van der Waals surface area contributed by atoms with Crippen molar-refractivity contribution in [3.8, 4) is 44.9 Å². The molecule has 0 saturated heterocycles. The molecular weight excluding hydrogens is 847 g/mol. The first-order chi connectivity index (χ1) is 28.6. The van der Waals surface area contributed by atoms with Crippen LogP contribution in [0.4, 0.5) is 0 Å². The van der Waals surface area contributed by atoms with Crippen LogP contribution in [0, 0.1) is 0 Å². The number of furan rings is 2. The number of hydrogen-bond donors (Lipinski definition) is 0. The molecule has 2 nitrogen and oxygen atoms in total. The van der Waals surface area contributed by atoms with Crippen molar-refractivity contribution in [3.63, 3.8) is 0 Å². The second kappa shape index (κ2) is 16.4. The van der Waals surface area contributed by atoms with Crippen molar-refractivity contribution in [3.05, 3.63) is 216 Å². The molecule has 0 radical (unpaired) electrons. The molecule has 8 aromatic rings. The zero-order valence-electron chi connectivity index (χ0n) is 31.7. The van der Waals surface area contributed by atoms with Gasteiger partial charge in [-0.05, 0) is 0 Å². The second-order valence-electron chi connectivity index (χ2n) is 15.2. The van der Waals surface area contributed by atoms with Crippen LogP contribution in [0.2, 0.25) is 12.1 Å². The van der Waals surface area contributed by atoms with Gasteiger partial charge in [0.25, 0.3) is 0 Å². The van der Waals surface area contributed by atoms with E-state index in [2.05, 4.69) is 182 Å². The van der Waals surface area contributed by atoms with Crippen molar-refractivity contribution in [2.45, 2.75) is 23.9 Å². The third-order valence-corrected chi connectivity index (χ3v) is 33.5. The van der Waals surface area contributed by atoms with Crippen molar-refractivity contribution < 1.29 is 27.4 Å². The van der Waals surface area contributed by atoms with Gasteiger partial charge in [-0.1, -0.05) is 0 Å². The Balaban J connectivity index is 1.05. The Morgan fingerprint density at radius 2 is 0.759 bits per heavy atom. The van der Waals surface area contributed by atoms with E-state index in [0.717, 1.165) is 46.3 Å². The summed E-state index contributed by atoms with van der Waals surface area (Å²) in [6.07, 6.45) is 4.76. The van der Waals surface area contributed by atoms with E-state index in [9.17, 15) is 0 Å². The van der Waals surface area contributed by atoms with Crippen molar-refractivity contribution >= 4 is 46.2 Å². The van der Waals surface area contributed by atoms with Crippen LogP contribution in [0.1, 0.15) is 45.6 Å². The summed E-state index contributed by atoms with van der Waals surface area (Å²) in [6, 6.07) is 66.0. The summed E-state index contributed by atoms with van der Waals surface area (Å²) in [5.41, 5.74) is 14.6. The summed E-state index contributed by atoms with van der Waals surface area (Å²) in [7, 11) is 14.8. The number of allylic oxidation sites excluding steroid dienone is 2. The maximum atomic E-state index is 7.40. The molecule has 0 bridgehead atoms. The predicted octanol–water partition coefficient (Wildman–Crippen LogP) is 15.2. The van der Waals surface area contributed by atoms with E-state index in [4.69, 9.17) is 25.9 Å². The third-order valence-electron chi connectivity index (χ3n) is 11.8. The summed E-state index contributed by atoms with van der Waals surface area (Å²) >= 11 is -2.82. The van der Waals surface area contributed by atoms with Gasteiger partial charge >= 0.3 is 358 Å². The van der Waals surface area contributed by atoms with Crippen LogP contribution in [0.3, 0.4) is 0 Å². The summed E-state index contributed by atoms with van der Waals surface area (Å²) in [5.74, 6) is 2.02. The molecule has 2 unspecified atom stereocenters. The van der Waals surface area contributed by atoms with Gasteiger partial charge in [-0.25, -0.2) is 0 Å². The zero-order chi connectivity index (χ0) is 39.0. The van der Waals surface area contributed by atoms with Gasteiger partial charge in [0.15, 0.2) is 0 Å². The first-order valence-electron chi connectivity index (χ1n) is 19.9. The van der Waals surface area contributed by atoms with Crippen LogP contribution < -0.4 is 0 Å². The third kappa shape index (κ3) is 7.22. The fraction of sp³-hybridized carbons (Fsp3) is 0.0769. The molecule has 0 amide bonds. The van der Waals surface area contributed by atoms with E-state index in [1.807, 2.05) is 12.1 Å². The molecular formula is C52H39Cl2O2SiZr. The van der Waals surface area contributed by atoms with Gasteiger partial charge in [-0.15, -0.1) is 0 Å². The molecule has 2 aliphatic carbocycles. The van der Waals surface area contributed by atoms with E-state index >= 15 is 0 Å². The fourth-order valence-electron chi connectivity index (χ4n) is 9.02. The maximum absolute atomic E-state index is 7.40. The number of benzene rings is 6. The quantitative estimate of drug-likeness (QED) is 0.121. The predicted molar refractivity (Wildman–Crippen MR) is 242 cm³/mol. The molecule has 58 heavy (non-hydrogen) atoms. The monoisotopic (exact) mass is 883 g/mol. The Bertz CT molecular complexity index is 2580. The average Bonchev–Trinajstić information content (AvgIpc) is 4.10. The van der Waals surface area contributed by atoms with Gasteiger partial charge in [0.05, 0.1) is 0 Å². The first-order valence-corrected chi connectivity index (χ1v) is 32.7. The first kappa shape index (κ1) is 37.3. The number of hydrogen-bond acceptors (Lipinski definition) is 2. The van der Waals surface area contributed by atoms with Crippen LogP contribution in [0.5, 0.6) is 0 Å². The van der Waals surface area contributed by atoms with E-state index in [0.29, 0.717) is 0 Å². The number of fused-ring (bicyclic) bond motifs is 2. The molecule has 0 fully saturated rings. The minimum absolute atomic E-state index is 0.121. The summed E-state index contributed by atoms with van der Waals surface area (Å²) < 4.78 is 13.5. The molecule has 10 rings (SSSR count). The number of halogens is 2.